The van der Waals surface area contributed by atoms with Crippen molar-refractivity contribution < 1.29 is 4.74 Å². The van der Waals surface area contributed by atoms with Crippen LogP contribution < -0.4 is 4.74 Å². The van der Waals surface area contributed by atoms with Crippen LogP contribution in [0, 0.1) is 0 Å². The number of halogens is 2. The maximum Gasteiger partial charge on any atom is 0.121 e. The van der Waals surface area contributed by atoms with Gasteiger partial charge in [0.15, 0.2) is 0 Å². The summed E-state index contributed by atoms with van der Waals surface area (Å²) in [5.74, 6) is 1.45. The smallest absolute Gasteiger partial charge is 0.121 e. The molecule has 0 aliphatic carbocycles. The molecule has 0 amide bonds. The summed E-state index contributed by atoms with van der Waals surface area (Å²) in [5.41, 5.74) is 1.10. The Hall–Kier alpha value is 0.330. The lowest BCUT2D eigenvalue weighted by Crippen LogP contribution is -1.93. The molecule has 0 spiro atoms. The van der Waals surface area contributed by atoms with Gasteiger partial charge < -0.3 is 4.74 Å². The number of hydrogen-bond donors (Lipinski definition) is 0. The van der Waals surface area contributed by atoms with Crippen molar-refractivity contribution in [3.05, 3.63) is 26.6 Å². The van der Waals surface area contributed by atoms with Crippen molar-refractivity contribution in [3.63, 3.8) is 0 Å². The summed E-state index contributed by atoms with van der Waals surface area (Å²) in [5, 5.41) is 0. The van der Waals surface area contributed by atoms with Gasteiger partial charge in [-0.1, -0.05) is 44.5 Å². The first-order valence-electron chi connectivity index (χ1n) is 3.87. The molecule has 0 bridgehead atoms. The highest BCUT2D eigenvalue weighted by Gasteiger charge is 2.06. The highest BCUT2D eigenvalue weighted by Crippen LogP contribution is 2.31. The van der Waals surface area contributed by atoms with E-state index >= 15 is 0 Å². The Balaban J connectivity index is 3.05. The highest BCUT2D eigenvalue weighted by atomic mass is 79.9. The normalized spacial score (nSPS) is 10.2. The van der Waals surface area contributed by atoms with E-state index in [2.05, 4.69) is 31.9 Å². The van der Waals surface area contributed by atoms with E-state index in [4.69, 9.17) is 17.4 Å². The van der Waals surface area contributed by atoms with Crippen molar-refractivity contribution in [2.75, 3.05) is 6.61 Å². The zero-order valence-electron chi connectivity index (χ0n) is 7.14. The number of ether oxygens (including phenoxy) is 1. The van der Waals surface area contributed by atoms with E-state index in [1.54, 1.807) is 0 Å². The van der Waals surface area contributed by atoms with Gasteiger partial charge >= 0.3 is 0 Å². The van der Waals surface area contributed by atoms with E-state index in [9.17, 15) is 0 Å². The monoisotopic (exact) mass is 323 g/mol. The van der Waals surface area contributed by atoms with Crippen LogP contribution in [0.15, 0.2) is 21.1 Å². The molecule has 0 aliphatic rings. The maximum absolute atomic E-state index is 5.37. The number of benzene rings is 1. The zero-order valence-corrected chi connectivity index (χ0v) is 11.1. The molecular formula is C9H9Br2OS. The van der Waals surface area contributed by atoms with Gasteiger partial charge in [0.1, 0.15) is 5.75 Å². The van der Waals surface area contributed by atoms with Crippen molar-refractivity contribution in [1.29, 1.82) is 0 Å². The van der Waals surface area contributed by atoms with Gasteiger partial charge in [-0.2, -0.15) is 0 Å². The minimum absolute atomic E-state index is 0.591. The average molecular weight is 325 g/mol. The fraction of sp³-hybridized carbons (Fsp3) is 0.333. The molecule has 0 N–H and O–H groups in total. The first-order valence-corrected chi connectivity index (χ1v) is 6.04. The average Bonchev–Trinajstić information content (AvgIpc) is 2.04. The molecule has 71 valence electrons. The molecule has 0 unspecified atom stereocenters. The van der Waals surface area contributed by atoms with Gasteiger partial charge in [0.05, 0.1) is 6.61 Å². The Morgan fingerprint density at radius 3 is 2.23 bits per heavy atom. The van der Waals surface area contributed by atoms with E-state index in [0.717, 1.165) is 20.3 Å². The maximum atomic E-state index is 5.37. The van der Waals surface area contributed by atoms with Crippen LogP contribution >= 0.6 is 44.5 Å². The lowest BCUT2D eigenvalue weighted by molar-refractivity contribution is 0.339. The lowest BCUT2D eigenvalue weighted by Gasteiger charge is -2.08. The molecule has 0 atom stereocenters. The molecule has 0 saturated carbocycles. The molecule has 13 heavy (non-hydrogen) atoms. The molecule has 1 aromatic carbocycles. The minimum Gasteiger partial charge on any atom is -0.494 e. The number of hydrogen-bond acceptors (Lipinski definition) is 1. The summed E-state index contributed by atoms with van der Waals surface area (Å²) in [6.07, 6.45) is 0. The van der Waals surface area contributed by atoms with Gasteiger partial charge in [-0.15, -0.1) is 0 Å². The first-order chi connectivity index (χ1) is 6.19. The molecule has 0 aromatic heterocycles. The van der Waals surface area contributed by atoms with Crippen LogP contribution in [0.1, 0.15) is 12.5 Å². The van der Waals surface area contributed by atoms with E-state index < -0.39 is 0 Å². The van der Waals surface area contributed by atoms with Crippen LogP contribution in [0.25, 0.3) is 0 Å². The second kappa shape index (κ2) is 5.27. The predicted molar refractivity (Wildman–Crippen MR) is 64.3 cm³/mol. The lowest BCUT2D eigenvalue weighted by atomic mass is 10.2. The van der Waals surface area contributed by atoms with Crippen molar-refractivity contribution >= 4 is 44.5 Å². The Kier molecular flexibility index (Phi) is 4.62. The SMILES string of the molecule is CCOc1cc(Br)c(C[S])c(Br)c1. The molecule has 0 heterocycles. The molecule has 1 rings (SSSR count). The van der Waals surface area contributed by atoms with Crippen molar-refractivity contribution in [2.45, 2.75) is 12.7 Å². The molecule has 1 nitrogen and oxygen atoms in total. The quantitative estimate of drug-likeness (QED) is 0.805. The van der Waals surface area contributed by atoms with Crippen molar-refractivity contribution in [3.8, 4) is 5.75 Å². The van der Waals surface area contributed by atoms with Gasteiger partial charge in [-0.25, -0.2) is 0 Å². The first kappa shape index (κ1) is 11.4. The third-order valence-corrected chi connectivity index (χ3v) is 3.27. The summed E-state index contributed by atoms with van der Waals surface area (Å²) >= 11 is 11.9. The predicted octanol–water partition coefficient (Wildman–Crippen LogP) is 4.31. The van der Waals surface area contributed by atoms with Crippen molar-refractivity contribution in [2.24, 2.45) is 0 Å². The standard InChI is InChI=1S/C9H9Br2OS/c1-2-12-6-3-8(10)7(5-13)9(11)4-6/h3-4H,2,5H2,1H3. The second-order valence-electron chi connectivity index (χ2n) is 2.44. The number of rotatable bonds is 3. The van der Waals surface area contributed by atoms with Crippen LogP contribution in [0.5, 0.6) is 5.75 Å². The third-order valence-electron chi connectivity index (χ3n) is 1.57. The van der Waals surface area contributed by atoms with Gasteiger partial charge in [-0.3, -0.25) is 0 Å². The molecule has 1 aromatic rings. The summed E-state index contributed by atoms with van der Waals surface area (Å²) in [7, 11) is 0. The van der Waals surface area contributed by atoms with Gasteiger partial charge in [-0.05, 0) is 24.6 Å². The van der Waals surface area contributed by atoms with Gasteiger partial charge in [0.2, 0.25) is 0 Å². The van der Waals surface area contributed by atoms with Crippen LogP contribution in [-0.2, 0) is 5.75 Å². The third kappa shape index (κ3) is 2.89. The summed E-state index contributed by atoms with van der Waals surface area (Å²) in [6.45, 7) is 2.63. The molecule has 0 saturated heterocycles. The second-order valence-corrected chi connectivity index (χ2v) is 4.44. The fourth-order valence-electron chi connectivity index (χ4n) is 0.968. The molecule has 0 aliphatic heterocycles. The fourth-order valence-corrected chi connectivity index (χ4v) is 3.07. The largest absolute Gasteiger partial charge is 0.494 e. The van der Waals surface area contributed by atoms with Crippen molar-refractivity contribution in [1.82, 2.24) is 0 Å². The zero-order chi connectivity index (χ0) is 9.84. The summed E-state index contributed by atoms with van der Waals surface area (Å²) in [6, 6.07) is 3.88. The van der Waals surface area contributed by atoms with Gasteiger partial charge in [0, 0.05) is 14.7 Å². The van der Waals surface area contributed by atoms with E-state index in [1.807, 2.05) is 19.1 Å². The summed E-state index contributed by atoms with van der Waals surface area (Å²) < 4.78 is 7.37. The van der Waals surface area contributed by atoms with Crippen LogP contribution in [0.2, 0.25) is 0 Å². The Morgan fingerprint density at radius 2 is 1.85 bits per heavy atom. The Bertz CT molecular complexity index is 279. The molecule has 0 fully saturated rings. The molecular weight excluding hydrogens is 316 g/mol. The molecule has 1 radical (unpaired) electrons. The Morgan fingerprint density at radius 1 is 1.31 bits per heavy atom. The van der Waals surface area contributed by atoms with Crippen LogP contribution in [0.3, 0.4) is 0 Å². The van der Waals surface area contributed by atoms with E-state index in [-0.39, 0.29) is 0 Å². The topological polar surface area (TPSA) is 9.23 Å². The van der Waals surface area contributed by atoms with Gasteiger partial charge in [0.25, 0.3) is 0 Å². The molecule has 4 heteroatoms. The summed E-state index contributed by atoms with van der Waals surface area (Å²) in [4.78, 5) is 0. The Labute approximate surface area is 101 Å². The van der Waals surface area contributed by atoms with E-state index in [1.165, 1.54) is 0 Å². The highest BCUT2D eigenvalue weighted by molar-refractivity contribution is 9.11. The van der Waals surface area contributed by atoms with Crippen LogP contribution in [0.4, 0.5) is 0 Å². The minimum atomic E-state index is 0.591. The van der Waals surface area contributed by atoms with E-state index in [0.29, 0.717) is 12.4 Å². The van der Waals surface area contributed by atoms with Crippen LogP contribution in [-0.4, -0.2) is 6.61 Å².